The minimum Gasteiger partial charge on any atom is -0.379 e. The maximum atomic E-state index is 12.3. The molecule has 3 heterocycles. The van der Waals surface area contributed by atoms with Gasteiger partial charge in [0.05, 0.1) is 37.3 Å². The molecule has 3 unspecified atom stereocenters. The van der Waals surface area contributed by atoms with Crippen molar-refractivity contribution in [2.75, 3.05) is 38.7 Å². The molecule has 0 bridgehead atoms. The molecule has 3 fully saturated rings. The molecule has 13 heteroatoms. The van der Waals surface area contributed by atoms with Gasteiger partial charge in [0.25, 0.3) is 11.8 Å². The number of nitrogens with zero attached hydrogens (tertiary/aromatic N) is 1. The number of rotatable bonds is 16. The van der Waals surface area contributed by atoms with Crippen LogP contribution >= 0.6 is 11.8 Å². The third-order valence-electron chi connectivity index (χ3n) is 6.63. The molecule has 208 valence electrons. The van der Waals surface area contributed by atoms with E-state index >= 15 is 0 Å². The molecular formula is C24H38N4O8S. The van der Waals surface area contributed by atoms with E-state index in [4.69, 9.17) is 14.3 Å². The van der Waals surface area contributed by atoms with Gasteiger partial charge in [-0.05, 0) is 33.1 Å². The Morgan fingerprint density at radius 1 is 1.03 bits per heavy atom. The lowest BCUT2D eigenvalue weighted by molar-refractivity contribution is -0.204. The Morgan fingerprint density at radius 3 is 2.46 bits per heavy atom. The fraction of sp³-hybridized carbons (Fsp3) is 0.792. The predicted octanol–water partition coefficient (Wildman–Crippen LogP) is 0.885. The van der Waals surface area contributed by atoms with E-state index in [9.17, 15) is 24.0 Å². The van der Waals surface area contributed by atoms with Crippen LogP contribution in [0.4, 0.5) is 4.79 Å². The van der Waals surface area contributed by atoms with E-state index in [2.05, 4.69) is 16.0 Å². The standard InChI is InChI=1S/C24H38N4O8S/c1-24(2,22(32)36-28-19(30)7-8-20(28)31)9-11-34-13-14-35-12-10-25-18(29)6-4-3-5-17-21-16(15-37-17)26-23(33)27-21/h16-17,21H,3-15H2,1-2H3,(H,25,29)(H2,26,27,33). The topological polar surface area (TPSA) is 152 Å². The number of urea groups is 1. The molecule has 0 spiro atoms. The molecule has 0 aromatic carbocycles. The Morgan fingerprint density at radius 2 is 1.73 bits per heavy atom. The van der Waals surface area contributed by atoms with Gasteiger partial charge in [0, 0.05) is 43.4 Å². The molecule has 3 atom stereocenters. The number of carbonyl (C=O) groups is 5. The van der Waals surface area contributed by atoms with Crippen molar-refractivity contribution in [2.24, 2.45) is 5.41 Å². The number of hydrogen-bond donors (Lipinski definition) is 3. The van der Waals surface area contributed by atoms with Crippen molar-refractivity contribution in [1.82, 2.24) is 21.0 Å². The van der Waals surface area contributed by atoms with Crippen LogP contribution in [0.1, 0.15) is 58.8 Å². The summed E-state index contributed by atoms with van der Waals surface area (Å²) in [6.45, 7) is 5.10. The minimum absolute atomic E-state index is 0.000847. The number of nitrogens with one attached hydrogen (secondary N) is 3. The zero-order valence-electron chi connectivity index (χ0n) is 21.5. The first-order valence-electron chi connectivity index (χ1n) is 12.9. The van der Waals surface area contributed by atoms with E-state index in [1.54, 1.807) is 13.8 Å². The van der Waals surface area contributed by atoms with Crippen LogP contribution < -0.4 is 16.0 Å². The van der Waals surface area contributed by atoms with Crippen molar-refractivity contribution in [3.05, 3.63) is 0 Å². The summed E-state index contributed by atoms with van der Waals surface area (Å²) in [5.41, 5.74) is -0.920. The van der Waals surface area contributed by atoms with Gasteiger partial charge in [0.1, 0.15) is 0 Å². The highest BCUT2D eigenvalue weighted by molar-refractivity contribution is 8.00. The molecule has 0 aliphatic carbocycles. The van der Waals surface area contributed by atoms with Crippen LogP contribution in [0.2, 0.25) is 0 Å². The van der Waals surface area contributed by atoms with E-state index in [1.807, 2.05) is 11.8 Å². The SMILES string of the molecule is CC(C)(CCOCCOCCNC(=O)CCCCC1SCC2NC(=O)NC21)C(=O)ON1C(=O)CCC1=O. The second-order valence-corrected chi connectivity index (χ2v) is 11.3. The Bertz CT molecular complexity index is 839. The monoisotopic (exact) mass is 542 g/mol. The Hall–Kier alpha value is -2.38. The molecule has 0 aromatic rings. The summed E-state index contributed by atoms with van der Waals surface area (Å²) in [5.74, 6) is -0.724. The normalized spacial score (nSPS) is 23.1. The number of amides is 5. The van der Waals surface area contributed by atoms with Crippen LogP contribution in [0.5, 0.6) is 0 Å². The minimum atomic E-state index is -0.920. The van der Waals surface area contributed by atoms with E-state index in [0.717, 1.165) is 25.0 Å². The van der Waals surface area contributed by atoms with Gasteiger partial charge in [0.2, 0.25) is 5.91 Å². The Balaban J connectivity index is 1.12. The van der Waals surface area contributed by atoms with Gasteiger partial charge in [-0.25, -0.2) is 9.59 Å². The second kappa shape index (κ2) is 14.0. The van der Waals surface area contributed by atoms with Crippen molar-refractivity contribution in [2.45, 2.75) is 76.1 Å². The number of imide groups is 1. The molecular weight excluding hydrogens is 504 g/mol. The maximum absolute atomic E-state index is 12.3. The Kier molecular flexibility index (Phi) is 11.0. The smallest absolute Gasteiger partial charge is 0.338 e. The zero-order valence-corrected chi connectivity index (χ0v) is 22.4. The van der Waals surface area contributed by atoms with E-state index in [1.165, 1.54) is 0 Å². The van der Waals surface area contributed by atoms with Crippen LogP contribution in [-0.2, 0) is 33.5 Å². The number of fused-ring (bicyclic) bond motifs is 1. The van der Waals surface area contributed by atoms with Gasteiger partial charge >= 0.3 is 12.0 Å². The highest BCUT2D eigenvalue weighted by Crippen LogP contribution is 2.33. The van der Waals surface area contributed by atoms with Gasteiger partial charge in [0.15, 0.2) is 0 Å². The maximum Gasteiger partial charge on any atom is 0.338 e. The molecule has 5 amide bonds. The molecule has 0 aromatic heterocycles. The van der Waals surface area contributed by atoms with Crippen LogP contribution in [0.15, 0.2) is 0 Å². The van der Waals surface area contributed by atoms with Crippen molar-refractivity contribution >= 4 is 41.5 Å². The first-order chi connectivity index (χ1) is 17.7. The number of thioether (sulfide) groups is 1. The molecule has 37 heavy (non-hydrogen) atoms. The first-order valence-corrected chi connectivity index (χ1v) is 13.9. The van der Waals surface area contributed by atoms with Crippen molar-refractivity contribution in [1.29, 1.82) is 0 Å². The van der Waals surface area contributed by atoms with Crippen molar-refractivity contribution < 1.29 is 38.3 Å². The quantitative estimate of drug-likeness (QED) is 0.147. The average Bonchev–Trinajstić information content (AvgIpc) is 3.50. The summed E-state index contributed by atoms with van der Waals surface area (Å²) in [5, 5.41) is 9.72. The predicted molar refractivity (Wildman–Crippen MR) is 134 cm³/mol. The average molecular weight is 543 g/mol. The summed E-state index contributed by atoms with van der Waals surface area (Å²) in [6.07, 6.45) is 3.68. The third kappa shape index (κ3) is 8.85. The number of unbranched alkanes of at least 4 members (excludes halogenated alkanes) is 1. The number of carbonyl (C=O) groups excluding carboxylic acids is 5. The molecule has 3 aliphatic heterocycles. The zero-order chi connectivity index (χ0) is 26.8. The summed E-state index contributed by atoms with van der Waals surface area (Å²) < 4.78 is 11.0. The molecule has 3 N–H and O–H groups in total. The van der Waals surface area contributed by atoms with Gasteiger partial charge in [-0.2, -0.15) is 11.8 Å². The van der Waals surface area contributed by atoms with Gasteiger partial charge in [-0.3, -0.25) is 14.4 Å². The lowest BCUT2D eigenvalue weighted by atomic mass is 9.90. The van der Waals surface area contributed by atoms with Crippen LogP contribution in [0, 0.1) is 5.41 Å². The first kappa shape index (κ1) is 29.2. The number of ether oxygens (including phenoxy) is 2. The largest absolute Gasteiger partial charge is 0.379 e. The molecule has 3 saturated heterocycles. The highest BCUT2D eigenvalue weighted by atomic mass is 32.2. The summed E-state index contributed by atoms with van der Waals surface area (Å²) in [7, 11) is 0. The molecule has 12 nitrogen and oxygen atoms in total. The van der Waals surface area contributed by atoms with Crippen LogP contribution in [0.25, 0.3) is 0 Å². The lowest BCUT2D eigenvalue weighted by Crippen LogP contribution is -2.38. The summed E-state index contributed by atoms with van der Waals surface area (Å²) >= 11 is 1.88. The molecule has 3 rings (SSSR count). The Labute approximate surface area is 221 Å². The second-order valence-electron chi connectivity index (χ2n) is 10.0. The van der Waals surface area contributed by atoms with Crippen molar-refractivity contribution in [3.63, 3.8) is 0 Å². The fourth-order valence-electron chi connectivity index (χ4n) is 4.24. The molecule has 0 radical (unpaired) electrons. The van der Waals surface area contributed by atoms with Gasteiger partial charge < -0.3 is 30.3 Å². The van der Waals surface area contributed by atoms with Crippen molar-refractivity contribution in [3.8, 4) is 0 Å². The summed E-state index contributed by atoms with van der Waals surface area (Å²) in [4.78, 5) is 63.9. The van der Waals surface area contributed by atoms with Crippen LogP contribution in [-0.4, -0.2) is 90.8 Å². The third-order valence-corrected chi connectivity index (χ3v) is 8.13. The molecule has 0 saturated carbocycles. The van der Waals surface area contributed by atoms with E-state index in [0.29, 0.717) is 49.5 Å². The highest BCUT2D eigenvalue weighted by Gasteiger charge is 2.42. The van der Waals surface area contributed by atoms with Crippen LogP contribution in [0.3, 0.4) is 0 Å². The van der Waals surface area contributed by atoms with E-state index in [-0.39, 0.29) is 43.5 Å². The van der Waals surface area contributed by atoms with Gasteiger partial charge in [-0.15, -0.1) is 5.06 Å². The lowest BCUT2D eigenvalue weighted by Gasteiger charge is -2.24. The fourth-order valence-corrected chi connectivity index (χ4v) is 5.78. The number of hydrogen-bond acceptors (Lipinski definition) is 9. The van der Waals surface area contributed by atoms with E-state index < -0.39 is 23.2 Å². The van der Waals surface area contributed by atoms with Gasteiger partial charge in [-0.1, -0.05) is 6.42 Å². The molecule has 3 aliphatic rings. The summed E-state index contributed by atoms with van der Waals surface area (Å²) in [6, 6.07) is 0.355. The number of hydroxylamine groups is 2.